The molecule has 9 heteroatoms. The van der Waals surface area contributed by atoms with Crippen LogP contribution in [0.4, 0.5) is 0 Å². The summed E-state index contributed by atoms with van der Waals surface area (Å²) in [5.41, 5.74) is 3.00. The van der Waals surface area contributed by atoms with Crippen molar-refractivity contribution in [2.75, 3.05) is 20.3 Å². The summed E-state index contributed by atoms with van der Waals surface area (Å²) in [4.78, 5) is 22.8. The summed E-state index contributed by atoms with van der Waals surface area (Å²) in [6.45, 7) is -0.459. The largest absolute Gasteiger partial charge is 0.482 e. The van der Waals surface area contributed by atoms with Crippen LogP contribution in [0.15, 0.2) is 47.6 Å². The zero-order valence-corrected chi connectivity index (χ0v) is 15.8. The van der Waals surface area contributed by atoms with Crippen molar-refractivity contribution in [3.05, 3.63) is 58.1 Å². The van der Waals surface area contributed by atoms with E-state index in [0.717, 1.165) is 0 Å². The maximum atomic E-state index is 11.8. The predicted octanol–water partition coefficient (Wildman–Crippen LogP) is 3.07. The fraction of sp³-hybridized carbons (Fsp3) is 0.167. The first-order valence-corrected chi connectivity index (χ1v) is 8.43. The molecule has 0 atom stereocenters. The zero-order valence-electron chi connectivity index (χ0n) is 14.3. The summed E-state index contributed by atoms with van der Waals surface area (Å²) in [6.07, 6.45) is 1.43. The van der Waals surface area contributed by atoms with Crippen molar-refractivity contribution in [1.82, 2.24) is 5.43 Å². The molecule has 2 aromatic rings. The summed E-state index contributed by atoms with van der Waals surface area (Å²) < 4.78 is 15.1. The number of carbonyl (C=O) groups excluding carboxylic acids is 2. The van der Waals surface area contributed by atoms with Crippen LogP contribution < -0.4 is 14.9 Å². The Hall–Kier alpha value is -2.77. The Bertz CT molecular complexity index is 842. The van der Waals surface area contributed by atoms with Gasteiger partial charge in [-0.05, 0) is 35.9 Å². The van der Waals surface area contributed by atoms with Gasteiger partial charge in [-0.3, -0.25) is 4.79 Å². The van der Waals surface area contributed by atoms with E-state index in [2.05, 4.69) is 15.3 Å². The zero-order chi connectivity index (χ0) is 19.6. The molecule has 0 radical (unpaired) electrons. The van der Waals surface area contributed by atoms with E-state index in [1.165, 1.54) is 19.4 Å². The van der Waals surface area contributed by atoms with Crippen molar-refractivity contribution in [1.29, 1.82) is 0 Å². The molecule has 0 aliphatic rings. The number of nitrogens with zero attached hydrogens (tertiary/aromatic N) is 1. The van der Waals surface area contributed by atoms with Crippen molar-refractivity contribution in [3.8, 4) is 11.5 Å². The number of nitrogens with one attached hydrogen (secondary N) is 1. The molecule has 0 unspecified atom stereocenters. The minimum absolute atomic E-state index is 0.196. The van der Waals surface area contributed by atoms with Crippen LogP contribution in [0.25, 0.3) is 0 Å². The molecular formula is C18H16Cl2N2O5. The van der Waals surface area contributed by atoms with Gasteiger partial charge in [0.1, 0.15) is 11.5 Å². The smallest absolute Gasteiger partial charge is 0.343 e. The molecule has 0 bridgehead atoms. The highest BCUT2D eigenvalue weighted by molar-refractivity contribution is 6.35. The number of ether oxygens (including phenoxy) is 3. The number of amides is 1. The first-order chi connectivity index (χ1) is 13.0. The first-order valence-electron chi connectivity index (χ1n) is 7.67. The Kier molecular flexibility index (Phi) is 7.91. The van der Waals surface area contributed by atoms with Crippen molar-refractivity contribution in [2.24, 2.45) is 5.10 Å². The normalized spacial score (nSPS) is 10.5. The van der Waals surface area contributed by atoms with Crippen molar-refractivity contribution < 1.29 is 23.8 Å². The maximum absolute atomic E-state index is 11.8. The van der Waals surface area contributed by atoms with Crippen LogP contribution in [0.2, 0.25) is 10.0 Å². The topological polar surface area (TPSA) is 86.2 Å². The molecule has 0 heterocycles. The number of methoxy groups -OCH3 is 1. The fourth-order valence-electron chi connectivity index (χ4n) is 1.83. The van der Waals surface area contributed by atoms with Crippen LogP contribution in [-0.4, -0.2) is 38.4 Å². The second kappa shape index (κ2) is 10.4. The number of halogens is 2. The SMILES string of the molecule is COC(=O)COc1cccc(/C=N\NC(=O)COc2ccc(Cl)cc2Cl)c1. The van der Waals surface area contributed by atoms with Gasteiger partial charge in [0.05, 0.1) is 18.3 Å². The Morgan fingerprint density at radius 2 is 1.93 bits per heavy atom. The molecule has 0 spiro atoms. The monoisotopic (exact) mass is 410 g/mol. The fourth-order valence-corrected chi connectivity index (χ4v) is 2.30. The average molecular weight is 411 g/mol. The van der Waals surface area contributed by atoms with Crippen molar-refractivity contribution in [3.63, 3.8) is 0 Å². The second-order valence-corrected chi connectivity index (χ2v) is 5.94. The van der Waals surface area contributed by atoms with E-state index in [1.54, 1.807) is 36.4 Å². The highest BCUT2D eigenvalue weighted by atomic mass is 35.5. The number of hydrazone groups is 1. The molecular weight excluding hydrogens is 395 g/mol. The van der Waals surface area contributed by atoms with E-state index in [1.807, 2.05) is 0 Å². The number of hydrogen-bond acceptors (Lipinski definition) is 6. The van der Waals surface area contributed by atoms with Crippen LogP contribution in [0.5, 0.6) is 11.5 Å². The van der Waals surface area contributed by atoms with Crippen LogP contribution in [-0.2, 0) is 14.3 Å². The number of carbonyl (C=O) groups is 2. The van der Waals surface area contributed by atoms with Crippen LogP contribution >= 0.6 is 23.2 Å². The third kappa shape index (κ3) is 7.16. The molecule has 0 fully saturated rings. The molecule has 0 aliphatic heterocycles. The second-order valence-electron chi connectivity index (χ2n) is 5.09. The standard InChI is InChI=1S/C18H16Cl2N2O5/c1-25-18(24)11-26-14-4-2-3-12(7-14)9-21-22-17(23)10-27-16-6-5-13(19)8-15(16)20/h2-9H,10-11H2,1H3,(H,22,23)/b21-9-. The lowest BCUT2D eigenvalue weighted by Crippen LogP contribution is -2.24. The molecule has 7 nitrogen and oxygen atoms in total. The summed E-state index contributed by atoms with van der Waals surface area (Å²) in [7, 11) is 1.28. The molecule has 0 saturated heterocycles. The molecule has 142 valence electrons. The summed E-state index contributed by atoms with van der Waals surface area (Å²) in [6, 6.07) is 11.5. The summed E-state index contributed by atoms with van der Waals surface area (Å²) >= 11 is 11.7. The summed E-state index contributed by atoms with van der Waals surface area (Å²) in [5, 5.41) is 4.62. The first kappa shape index (κ1) is 20.5. The molecule has 1 amide bonds. The van der Waals surface area contributed by atoms with Gasteiger partial charge in [0, 0.05) is 5.02 Å². The quantitative estimate of drug-likeness (QED) is 0.410. The minimum Gasteiger partial charge on any atom is -0.482 e. The van der Waals surface area contributed by atoms with Crippen LogP contribution in [0.3, 0.4) is 0 Å². The Morgan fingerprint density at radius 3 is 2.67 bits per heavy atom. The van der Waals surface area contributed by atoms with Gasteiger partial charge in [-0.25, -0.2) is 10.2 Å². The average Bonchev–Trinajstić information content (AvgIpc) is 2.65. The number of esters is 1. The lowest BCUT2D eigenvalue weighted by Gasteiger charge is -2.07. The molecule has 0 aromatic heterocycles. The number of hydrogen-bond donors (Lipinski definition) is 1. The molecule has 2 rings (SSSR count). The Labute approximate surface area is 165 Å². The predicted molar refractivity (Wildman–Crippen MR) is 102 cm³/mol. The van der Waals surface area contributed by atoms with E-state index >= 15 is 0 Å². The van der Waals surface area contributed by atoms with Gasteiger partial charge in [0.15, 0.2) is 13.2 Å². The molecule has 0 aliphatic carbocycles. The van der Waals surface area contributed by atoms with E-state index in [4.69, 9.17) is 32.7 Å². The van der Waals surface area contributed by atoms with Gasteiger partial charge < -0.3 is 14.2 Å². The van der Waals surface area contributed by atoms with Gasteiger partial charge in [0.2, 0.25) is 0 Å². The van der Waals surface area contributed by atoms with Gasteiger partial charge >= 0.3 is 5.97 Å². The van der Waals surface area contributed by atoms with Gasteiger partial charge in [0.25, 0.3) is 5.91 Å². The maximum Gasteiger partial charge on any atom is 0.343 e. The molecule has 1 N–H and O–H groups in total. The molecule has 27 heavy (non-hydrogen) atoms. The highest BCUT2D eigenvalue weighted by Gasteiger charge is 2.06. The van der Waals surface area contributed by atoms with Gasteiger partial charge in [-0.1, -0.05) is 35.3 Å². The van der Waals surface area contributed by atoms with E-state index in [-0.39, 0.29) is 13.2 Å². The van der Waals surface area contributed by atoms with Crippen LogP contribution in [0.1, 0.15) is 5.56 Å². The van der Waals surface area contributed by atoms with Gasteiger partial charge in [-0.15, -0.1) is 0 Å². The number of rotatable bonds is 8. The minimum atomic E-state index is -0.484. The van der Waals surface area contributed by atoms with E-state index in [9.17, 15) is 9.59 Å². The lowest BCUT2D eigenvalue weighted by molar-refractivity contribution is -0.142. The highest BCUT2D eigenvalue weighted by Crippen LogP contribution is 2.27. The lowest BCUT2D eigenvalue weighted by atomic mass is 10.2. The Morgan fingerprint density at radius 1 is 1.11 bits per heavy atom. The Balaban J connectivity index is 1.82. The van der Waals surface area contributed by atoms with Gasteiger partial charge in [-0.2, -0.15) is 5.10 Å². The summed E-state index contributed by atoms with van der Waals surface area (Å²) in [5.74, 6) is -0.135. The van der Waals surface area contributed by atoms with E-state index in [0.29, 0.717) is 27.1 Å². The van der Waals surface area contributed by atoms with Crippen molar-refractivity contribution in [2.45, 2.75) is 0 Å². The number of benzene rings is 2. The third-order valence-electron chi connectivity index (χ3n) is 3.10. The molecule has 0 saturated carbocycles. The molecule has 2 aromatic carbocycles. The third-order valence-corrected chi connectivity index (χ3v) is 3.63. The van der Waals surface area contributed by atoms with E-state index < -0.39 is 11.9 Å². The van der Waals surface area contributed by atoms with Crippen molar-refractivity contribution >= 4 is 41.3 Å². The van der Waals surface area contributed by atoms with Crippen LogP contribution in [0, 0.1) is 0 Å².